The zero-order valence-electron chi connectivity index (χ0n) is 10.6. The summed E-state index contributed by atoms with van der Waals surface area (Å²) in [5.74, 6) is 1.55. The second kappa shape index (κ2) is 4.62. The standard InChI is InChI=1S/C14H19N3/c1-10(2)14-16-7-8-17(14)9-12-5-4-6-13(15)11(12)3/h4-8,10H,9,15H2,1-3H3. The van der Waals surface area contributed by atoms with Gasteiger partial charge >= 0.3 is 0 Å². The molecule has 3 nitrogen and oxygen atoms in total. The monoisotopic (exact) mass is 229 g/mol. The van der Waals surface area contributed by atoms with E-state index in [0.29, 0.717) is 5.92 Å². The van der Waals surface area contributed by atoms with E-state index in [1.54, 1.807) is 0 Å². The second-order valence-corrected chi connectivity index (χ2v) is 4.70. The van der Waals surface area contributed by atoms with Crippen LogP contribution in [0.5, 0.6) is 0 Å². The Labute approximate surface area is 102 Å². The first kappa shape index (κ1) is 11.7. The molecular formula is C14H19N3. The fourth-order valence-corrected chi connectivity index (χ4v) is 2.01. The minimum atomic E-state index is 0.436. The Morgan fingerprint density at radius 1 is 1.35 bits per heavy atom. The van der Waals surface area contributed by atoms with Crippen LogP contribution in [0.25, 0.3) is 0 Å². The van der Waals surface area contributed by atoms with Crippen molar-refractivity contribution in [2.24, 2.45) is 0 Å². The van der Waals surface area contributed by atoms with Crippen molar-refractivity contribution < 1.29 is 0 Å². The molecule has 17 heavy (non-hydrogen) atoms. The smallest absolute Gasteiger partial charge is 0.111 e. The van der Waals surface area contributed by atoms with E-state index >= 15 is 0 Å². The highest BCUT2D eigenvalue weighted by Gasteiger charge is 2.09. The predicted molar refractivity (Wildman–Crippen MR) is 71.0 cm³/mol. The molecular weight excluding hydrogens is 210 g/mol. The van der Waals surface area contributed by atoms with Gasteiger partial charge in [0.05, 0.1) is 0 Å². The SMILES string of the molecule is Cc1c(N)cccc1Cn1ccnc1C(C)C. The summed E-state index contributed by atoms with van der Waals surface area (Å²) >= 11 is 0. The van der Waals surface area contributed by atoms with Crippen LogP contribution >= 0.6 is 0 Å². The zero-order chi connectivity index (χ0) is 12.4. The Balaban J connectivity index is 2.32. The van der Waals surface area contributed by atoms with Crippen molar-refractivity contribution in [1.29, 1.82) is 0 Å². The lowest BCUT2D eigenvalue weighted by molar-refractivity contribution is 0.668. The molecule has 2 N–H and O–H groups in total. The van der Waals surface area contributed by atoms with Crippen LogP contribution in [-0.2, 0) is 6.54 Å². The van der Waals surface area contributed by atoms with E-state index in [-0.39, 0.29) is 0 Å². The van der Waals surface area contributed by atoms with Gasteiger partial charge in [-0.1, -0.05) is 26.0 Å². The molecule has 90 valence electrons. The summed E-state index contributed by atoms with van der Waals surface area (Å²) in [6.45, 7) is 7.22. The first-order chi connectivity index (χ1) is 8.09. The molecule has 0 saturated heterocycles. The highest BCUT2D eigenvalue weighted by Crippen LogP contribution is 2.19. The molecule has 0 radical (unpaired) electrons. The summed E-state index contributed by atoms with van der Waals surface area (Å²) in [6.07, 6.45) is 3.88. The van der Waals surface area contributed by atoms with Gasteiger partial charge in [-0.25, -0.2) is 4.98 Å². The summed E-state index contributed by atoms with van der Waals surface area (Å²) in [5.41, 5.74) is 9.20. The molecule has 1 heterocycles. The van der Waals surface area contributed by atoms with Crippen molar-refractivity contribution in [3.63, 3.8) is 0 Å². The highest BCUT2D eigenvalue weighted by molar-refractivity contribution is 5.50. The van der Waals surface area contributed by atoms with Gasteiger partial charge in [-0.15, -0.1) is 0 Å². The molecule has 1 aromatic heterocycles. The van der Waals surface area contributed by atoms with Crippen molar-refractivity contribution in [3.05, 3.63) is 47.5 Å². The third kappa shape index (κ3) is 2.33. The maximum absolute atomic E-state index is 5.92. The number of nitrogens with zero attached hydrogens (tertiary/aromatic N) is 2. The largest absolute Gasteiger partial charge is 0.399 e. The maximum Gasteiger partial charge on any atom is 0.111 e. The fourth-order valence-electron chi connectivity index (χ4n) is 2.01. The first-order valence-electron chi connectivity index (χ1n) is 5.94. The molecule has 0 atom stereocenters. The normalized spacial score (nSPS) is 11.1. The Hall–Kier alpha value is -1.77. The average Bonchev–Trinajstić information content (AvgIpc) is 2.73. The minimum Gasteiger partial charge on any atom is -0.399 e. The Kier molecular flexibility index (Phi) is 3.18. The molecule has 2 rings (SSSR count). The summed E-state index contributed by atoms with van der Waals surface area (Å²) < 4.78 is 2.19. The lowest BCUT2D eigenvalue weighted by Crippen LogP contribution is -2.07. The van der Waals surface area contributed by atoms with Crippen LogP contribution in [0.1, 0.15) is 36.7 Å². The van der Waals surface area contributed by atoms with Crippen molar-refractivity contribution >= 4 is 5.69 Å². The van der Waals surface area contributed by atoms with Crippen LogP contribution in [-0.4, -0.2) is 9.55 Å². The lowest BCUT2D eigenvalue weighted by atomic mass is 10.1. The van der Waals surface area contributed by atoms with Gasteiger partial charge in [-0.3, -0.25) is 0 Å². The Bertz CT molecular complexity index is 512. The third-order valence-corrected chi connectivity index (χ3v) is 3.09. The van der Waals surface area contributed by atoms with E-state index in [0.717, 1.165) is 23.6 Å². The summed E-state index contributed by atoms with van der Waals surface area (Å²) in [6, 6.07) is 6.07. The van der Waals surface area contributed by atoms with Gasteiger partial charge in [0.1, 0.15) is 5.82 Å². The van der Waals surface area contributed by atoms with E-state index < -0.39 is 0 Å². The van der Waals surface area contributed by atoms with Crippen molar-refractivity contribution in [1.82, 2.24) is 9.55 Å². The molecule has 0 aliphatic rings. The van der Waals surface area contributed by atoms with E-state index in [2.05, 4.69) is 36.4 Å². The topological polar surface area (TPSA) is 43.8 Å². The molecule has 1 aromatic carbocycles. The molecule has 0 aliphatic carbocycles. The van der Waals surface area contributed by atoms with Crippen LogP contribution in [0.2, 0.25) is 0 Å². The van der Waals surface area contributed by atoms with Gasteiger partial charge in [-0.2, -0.15) is 0 Å². The minimum absolute atomic E-state index is 0.436. The molecule has 0 saturated carbocycles. The van der Waals surface area contributed by atoms with Gasteiger partial charge < -0.3 is 10.3 Å². The maximum atomic E-state index is 5.92. The van der Waals surface area contributed by atoms with Crippen molar-refractivity contribution in [2.75, 3.05) is 5.73 Å². The molecule has 0 fully saturated rings. The van der Waals surface area contributed by atoms with Crippen LogP contribution < -0.4 is 5.73 Å². The summed E-state index contributed by atoms with van der Waals surface area (Å²) in [7, 11) is 0. The number of hydrogen-bond acceptors (Lipinski definition) is 2. The van der Waals surface area contributed by atoms with Gasteiger partial charge in [0.25, 0.3) is 0 Å². The third-order valence-electron chi connectivity index (χ3n) is 3.09. The number of aromatic nitrogens is 2. The van der Waals surface area contributed by atoms with Crippen molar-refractivity contribution in [2.45, 2.75) is 33.2 Å². The van der Waals surface area contributed by atoms with E-state index in [1.165, 1.54) is 5.56 Å². The second-order valence-electron chi connectivity index (χ2n) is 4.70. The van der Waals surface area contributed by atoms with Crippen LogP contribution in [0.15, 0.2) is 30.6 Å². The number of nitrogen functional groups attached to an aromatic ring is 1. The molecule has 3 heteroatoms. The van der Waals surface area contributed by atoms with Gasteiger partial charge in [-0.05, 0) is 24.1 Å². The van der Waals surface area contributed by atoms with Gasteiger partial charge in [0.2, 0.25) is 0 Å². The predicted octanol–water partition coefficient (Wildman–Crippen LogP) is 2.95. The number of anilines is 1. The number of nitrogens with two attached hydrogens (primary N) is 1. The van der Waals surface area contributed by atoms with Crippen LogP contribution in [0.4, 0.5) is 5.69 Å². The van der Waals surface area contributed by atoms with Crippen LogP contribution in [0, 0.1) is 6.92 Å². The van der Waals surface area contributed by atoms with Crippen molar-refractivity contribution in [3.8, 4) is 0 Å². The molecule has 0 aliphatic heterocycles. The van der Waals surface area contributed by atoms with Crippen LogP contribution in [0.3, 0.4) is 0 Å². The summed E-state index contributed by atoms with van der Waals surface area (Å²) in [5, 5.41) is 0. The van der Waals surface area contributed by atoms with E-state index in [9.17, 15) is 0 Å². The quantitative estimate of drug-likeness (QED) is 0.822. The zero-order valence-corrected chi connectivity index (χ0v) is 10.6. The number of rotatable bonds is 3. The summed E-state index contributed by atoms with van der Waals surface area (Å²) in [4.78, 5) is 4.40. The average molecular weight is 229 g/mol. The van der Waals surface area contributed by atoms with E-state index in [1.807, 2.05) is 24.5 Å². The first-order valence-corrected chi connectivity index (χ1v) is 5.94. The van der Waals surface area contributed by atoms with Gasteiger partial charge in [0.15, 0.2) is 0 Å². The fraction of sp³-hybridized carbons (Fsp3) is 0.357. The van der Waals surface area contributed by atoms with E-state index in [4.69, 9.17) is 5.73 Å². The molecule has 0 bridgehead atoms. The number of imidazole rings is 1. The molecule has 0 amide bonds. The molecule has 2 aromatic rings. The van der Waals surface area contributed by atoms with Gasteiger partial charge in [0, 0.05) is 30.5 Å². The Morgan fingerprint density at radius 3 is 2.82 bits per heavy atom. The number of benzene rings is 1. The number of hydrogen-bond donors (Lipinski definition) is 1. The highest BCUT2D eigenvalue weighted by atomic mass is 15.1. The molecule has 0 spiro atoms. The Morgan fingerprint density at radius 2 is 2.12 bits per heavy atom. The lowest BCUT2D eigenvalue weighted by Gasteiger charge is -2.13. The molecule has 0 unspecified atom stereocenters.